The molecule has 3 nitrogen and oxygen atoms in total. The molecule has 1 N–H and O–H groups in total. The van der Waals surface area contributed by atoms with Crippen LogP contribution in [0.3, 0.4) is 0 Å². The van der Waals surface area contributed by atoms with Crippen molar-refractivity contribution in [2.24, 2.45) is 5.92 Å². The van der Waals surface area contributed by atoms with Crippen molar-refractivity contribution < 1.29 is 8.81 Å². The number of benzene rings is 1. The molecule has 1 atom stereocenters. The Hall–Kier alpha value is -1.23. The molecule has 0 saturated carbocycles. The lowest BCUT2D eigenvalue weighted by Gasteiger charge is -2.22. The van der Waals surface area contributed by atoms with Gasteiger partial charge in [-0.05, 0) is 30.3 Å². The number of hydrogen-bond acceptors (Lipinski definition) is 4. The quantitative estimate of drug-likeness (QED) is 0.922. The molecule has 96 valence electrons. The summed E-state index contributed by atoms with van der Waals surface area (Å²) < 4.78 is 19.0. The smallest absolute Gasteiger partial charge is 0.181 e. The van der Waals surface area contributed by atoms with Crippen molar-refractivity contribution in [2.45, 2.75) is 12.8 Å². The standard InChI is InChI=1S/C13H15FN2OS/c14-10-4-12-13(17-8-16-12)5-11(10)15-6-9-2-1-3-18-7-9/h4-5,8-9,15H,1-3,6-7H2. The SMILES string of the molecule is Fc1cc2ncoc2cc1NCC1CCCSC1. The van der Waals surface area contributed by atoms with Crippen molar-refractivity contribution in [1.82, 2.24) is 4.98 Å². The third kappa shape index (κ3) is 2.46. The van der Waals surface area contributed by atoms with Crippen LogP contribution in [0.4, 0.5) is 10.1 Å². The zero-order valence-corrected chi connectivity index (χ0v) is 10.8. The number of anilines is 1. The fourth-order valence-corrected chi connectivity index (χ4v) is 3.39. The van der Waals surface area contributed by atoms with Crippen LogP contribution >= 0.6 is 11.8 Å². The summed E-state index contributed by atoms with van der Waals surface area (Å²) in [5.41, 5.74) is 1.69. The summed E-state index contributed by atoms with van der Waals surface area (Å²) in [6.07, 6.45) is 3.83. The van der Waals surface area contributed by atoms with E-state index in [9.17, 15) is 4.39 Å². The van der Waals surface area contributed by atoms with Crippen molar-refractivity contribution in [3.63, 3.8) is 0 Å². The molecule has 0 radical (unpaired) electrons. The van der Waals surface area contributed by atoms with E-state index in [4.69, 9.17) is 4.42 Å². The largest absolute Gasteiger partial charge is 0.443 e. The first-order valence-electron chi connectivity index (χ1n) is 6.17. The molecule has 0 amide bonds. The zero-order valence-electron chi connectivity index (χ0n) is 9.99. The predicted molar refractivity (Wildman–Crippen MR) is 72.5 cm³/mol. The van der Waals surface area contributed by atoms with Crippen LogP contribution < -0.4 is 5.32 Å². The van der Waals surface area contributed by atoms with E-state index in [-0.39, 0.29) is 5.82 Å². The average molecular weight is 266 g/mol. The highest BCUT2D eigenvalue weighted by molar-refractivity contribution is 7.99. The fraction of sp³-hybridized carbons (Fsp3) is 0.462. The number of aromatic nitrogens is 1. The van der Waals surface area contributed by atoms with Crippen LogP contribution in [0.15, 0.2) is 22.9 Å². The van der Waals surface area contributed by atoms with E-state index in [1.54, 1.807) is 6.07 Å². The van der Waals surface area contributed by atoms with Gasteiger partial charge >= 0.3 is 0 Å². The third-order valence-corrected chi connectivity index (χ3v) is 4.54. The Kier molecular flexibility index (Phi) is 3.41. The maximum atomic E-state index is 13.8. The van der Waals surface area contributed by atoms with Crippen molar-refractivity contribution >= 4 is 28.5 Å². The fourth-order valence-electron chi connectivity index (χ4n) is 2.24. The van der Waals surface area contributed by atoms with Crippen LogP contribution in [-0.4, -0.2) is 23.0 Å². The average Bonchev–Trinajstić information content (AvgIpc) is 2.84. The van der Waals surface area contributed by atoms with E-state index in [0.29, 0.717) is 22.7 Å². The minimum Gasteiger partial charge on any atom is -0.443 e. The van der Waals surface area contributed by atoms with Crippen LogP contribution in [0.25, 0.3) is 11.1 Å². The Balaban J connectivity index is 1.71. The van der Waals surface area contributed by atoms with Gasteiger partial charge in [-0.3, -0.25) is 0 Å². The molecule has 1 unspecified atom stereocenters. The Morgan fingerprint density at radius 2 is 2.44 bits per heavy atom. The van der Waals surface area contributed by atoms with Crippen LogP contribution in [0.1, 0.15) is 12.8 Å². The lowest BCUT2D eigenvalue weighted by atomic mass is 10.1. The molecule has 2 aromatic rings. The van der Waals surface area contributed by atoms with Gasteiger partial charge in [-0.1, -0.05) is 0 Å². The van der Waals surface area contributed by atoms with Crippen LogP contribution in [-0.2, 0) is 0 Å². The molecule has 1 fully saturated rings. The van der Waals surface area contributed by atoms with Gasteiger partial charge in [0.25, 0.3) is 0 Å². The Bertz CT molecular complexity index is 537. The van der Waals surface area contributed by atoms with Gasteiger partial charge in [0.1, 0.15) is 11.3 Å². The highest BCUT2D eigenvalue weighted by Crippen LogP contribution is 2.25. The summed E-state index contributed by atoms with van der Waals surface area (Å²) in [5.74, 6) is 2.79. The van der Waals surface area contributed by atoms with Gasteiger partial charge in [0.15, 0.2) is 12.0 Å². The molecule has 1 aliphatic heterocycles. The summed E-state index contributed by atoms with van der Waals surface area (Å²) in [4.78, 5) is 3.93. The molecule has 1 saturated heterocycles. The van der Waals surface area contributed by atoms with Gasteiger partial charge in [0.05, 0.1) is 5.69 Å². The molecule has 0 aliphatic carbocycles. The molecule has 1 aromatic heterocycles. The molecule has 5 heteroatoms. The van der Waals surface area contributed by atoms with Crippen molar-refractivity contribution in [1.29, 1.82) is 0 Å². The van der Waals surface area contributed by atoms with Crippen molar-refractivity contribution in [2.75, 3.05) is 23.4 Å². The molecule has 0 spiro atoms. The van der Waals surface area contributed by atoms with Gasteiger partial charge < -0.3 is 9.73 Å². The zero-order chi connectivity index (χ0) is 12.4. The molecule has 1 aromatic carbocycles. The maximum Gasteiger partial charge on any atom is 0.181 e. The number of nitrogens with one attached hydrogen (secondary N) is 1. The third-order valence-electron chi connectivity index (χ3n) is 3.26. The van der Waals surface area contributed by atoms with Gasteiger partial charge in [0, 0.05) is 18.7 Å². The van der Waals surface area contributed by atoms with E-state index in [1.807, 2.05) is 11.8 Å². The minimum absolute atomic E-state index is 0.264. The second kappa shape index (κ2) is 5.18. The number of nitrogens with zero attached hydrogens (tertiary/aromatic N) is 1. The lowest BCUT2D eigenvalue weighted by molar-refractivity contribution is 0.545. The van der Waals surface area contributed by atoms with E-state index in [1.165, 1.54) is 36.8 Å². The van der Waals surface area contributed by atoms with Gasteiger partial charge in [0.2, 0.25) is 0 Å². The van der Waals surface area contributed by atoms with E-state index in [2.05, 4.69) is 10.3 Å². The normalized spacial score (nSPS) is 20.2. The lowest BCUT2D eigenvalue weighted by Crippen LogP contribution is -2.20. The molecule has 2 heterocycles. The first-order chi connectivity index (χ1) is 8.83. The monoisotopic (exact) mass is 266 g/mol. The summed E-state index contributed by atoms with van der Waals surface area (Å²) in [5, 5.41) is 3.19. The second-order valence-electron chi connectivity index (χ2n) is 4.62. The number of hydrogen-bond donors (Lipinski definition) is 1. The number of thioether (sulfide) groups is 1. The number of halogens is 1. The van der Waals surface area contributed by atoms with Crippen LogP contribution in [0, 0.1) is 11.7 Å². The van der Waals surface area contributed by atoms with E-state index in [0.717, 1.165) is 6.54 Å². The summed E-state index contributed by atoms with van der Waals surface area (Å²) in [7, 11) is 0. The Morgan fingerprint density at radius 3 is 3.28 bits per heavy atom. The highest BCUT2D eigenvalue weighted by Gasteiger charge is 2.14. The molecule has 1 aliphatic rings. The minimum atomic E-state index is -0.264. The van der Waals surface area contributed by atoms with E-state index >= 15 is 0 Å². The highest BCUT2D eigenvalue weighted by atomic mass is 32.2. The molecular weight excluding hydrogens is 251 g/mol. The van der Waals surface area contributed by atoms with Crippen molar-refractivity contribution in [3.8, 4) is 0 Å². The second-order valence-corrected chi connectivity index (χ2v) is 5.77. The van der Waals surface area contributed by atoms with Crippen LogP contribution in [0.5, 0.6) is 0 Å². The van der Waals surface area contributed by atoms with Crippen LogP contribution in [0.2, 0.25) is 0 Å². The first-order valence-corrected chi connectivity index (χ1v) is 7.33. The Morgan fingerprint density at radius 1 is 1.50 bits per heavy atom. The number of rotatable bonds is 3. The molecular formula is C13H15FN2OS. The van der Waals surface area contributed by atoms with Gasteiger partial charge in [-0.15, -0.1) is 0 Å². The molecule has 0 bridgehead atoms. The van der Waals surface area contributed by atoms with E-state index < -0.39 is 0 Å². The Labute approximate surface area is 109 Å². The summed E-state index contributed by atoms with van der Waals surface area (Å²) >= 11 is 1.98. The summed E-state index contributed by atoms with van der Waals surface area (Å²) in [6, 6.07) is 3.10. The van der Waals surface area contributed by atoms with Gasteiger partial charge in [-0.25, -0.2) is 9.37 Å². The van der Waals surface area contributed by atoms with Crippen molar-refractivity contribution in [3.05, 3.63) is 24.3 Å². The molecule has 18 heavy (non-hydrogen) atoms. The predicted octanol–water partition coefficient (Wildman–Crippen LogP) is 3.52. The number of oxazole rings is 1. The van der Waals surface area contributed by atoms with Gasteiger partial charge in [-0.2, -0.15) is 11.8 Å². The summed E-state index contributed by atoms with van der Waals surface area (Å²) in [6.45, 7) is 0.823. The maximum absolute atomic E-state index is 13.8. The number of fused-ring (bicyclic) bond motifs is 1. The first kappa shape index (κ1) is 11.8. The molecule has 3 rings (SSSR count). The topological polar surface area (TPSA) is 38.1 Å².